The number of carbonyl (C=O) groups excluding carboxylic acids is 1. The molecule has 2 aromatic carbocycles. The van der Waals surface area contributed by atoms with E-state index in [9.17, 15) is 13.6 Å². The van der Waals surface area contributed by atoms with Gasteiger partial charge in [0, 0.05) is 24.1 Å². The predicted octanol–water partition coefficient (Wildman–Crippen LogP) is 3.13. The van der Waals surface area contributed by atoms with Crippen LogP contribution >= 0.6 is 0 Å². The molecule has 3 N–H and O–H groups in total. The molecule has 1 fully saturated rings. The van der Waals surface area contributed by atoms with Crippen molar-refractivity contribution in [2.24, 2.45) is 11.7 Å². The van der Waals surface area contributed by atoms with Gasteiger partial charge in [-0.25, -0.2) is 8.78 Å². The Bertz CT molecular complexity index is 763. The average Bonchev–Trinajstić information content (AvgIpc) is 2.55. The van der Waals surface area contributed by atoms with Crippen LogP contribution in [0.1, 0.15) is 33.9 Å². The number of nitrogens with two attached hydrogens (primary N) is 1. The molecule has 0 aliphatic carbocycles. The first kappa shape index (κ1) is 16.7. The second-order valence-corrected chi connectivity index (χ2v) is 6.25. The van der Waals surface area contributed by atoms with Crippen molar-refractivity contribution in [3.05, 3.63) is 70.8 Å². The Morgan fingerprint density at radius 1 is 1.21 bits per heavy atom. The van der Waals surface area contributed by atoms with Gasteiger partial charge in [0.1, 0.15) is 11.6 Å². The zero-order valence-corrected chi connectivity index (χ0v) is 13.4. The Morgan fingerprint density at radius 3 is 2.67 bits per heavy atom. The molecule has 2 aromatic rings. The first-order valence-electron chi connectivity index (χ1n) is 8.03. The minimum absolute atomic E-state index is 0.0951. The summed E-state index contributed by atoms with van der Waals surface area (Å²) in [5.41, 5.74) is 8.40. The molecule has 5 heteroatoms. The Kier molecular flexibility index (Phi) is 4.73. The van der Waals surface area contributed by atoms with Crippen LogP contribution in [0.15, 0.2) is 42.5 Å². The van der Waals surface area contributed by atoms with Gasteiger partial charge in [-0.3, -0.25) is 4.79 Å². The van der Waals surface area contributed by atoms with Crippen LogP contribution in [-0.4, -0.2) is 18.4 Å². The van der Waals surface area contributed by atoms with Gasteiger partial charge >= 0.3 is 0 Å². The third-order valence-electron chi connectivity index (χ3n) is 4.73. The molecule has 24 heavy (non-hydrogen) atoms. The van der Waals surface area contributed by atoms with Crippen LogP contribution < -0.4 is 11.1 Å². The Morgan fingerprint density at radius 2 is 1.96 bits per heavy atom. The highest BCUT2D eigenvalue weighted by Crippen LogP contribution is 2.31. The standard InChI is InChI=1S/C19H20F2N2O/c1-11-4-2-3-5-13(11)18-17(22)15(8-9-23-18)19(24)14-7-6-12(20)10-16(14)21/h2-7,10,15,17-18,23H,8-9,22H2,1H3. The van der Waals surface area contributed by atoms with Crippen LogP contribution in [0.4, 0.5) is 8.78 Å². The number of rotatable bonds is 3. The Hall–Kier alpha value is -2.11. The van der Waals surface area contributed by atoms with E-state index in [0.29, 0.717) is 13.0 Å². The van der Waals surface area contributed by atoms with E-state index in [1.165, 1.54) is 6.07 Å². The number of aryl methyl sites for hydroxylation is 1. The van der Waals surface area contributed by atoms with E-state index in [-0.39, 0.29) is 17.4 Å². The number of nitrogens with one attached hydrogen (secondary N) is 1. The SMILES string of the molecule is Cc1ccccc1C1NCCC(C(=O)c2ccc(F)cc2F)C1N. The lowest BCUT2D eigenvalue weighted by atomic mass is 9.79. The maximum Gasteiger partial charge on any atom is 0.170 e. The topological polar surface area (TPSA) is 55.1 Å². The van der Waals surface area contributed by atoms with Crippen LogP contribution in [-0.2, 0) is 0 Å². The number of carbonyl (C=O) groups is 1. The molecule has 0 aromatic heterocycles. The summed E-state index contributed by atoms with van der Waals surface area (Å²) in [6.45, 7) is 2.61. The minimum Gasteiger partial charge on any atom is -0.325 e. The molecule has 3 atom stereocenters. The van der Waals surface area contributed by atoms with E-state index in [1.807, 2.05) is 31.2 Å². The molecule has 0 bridgehead atoms. The lowest BCUT2D eigenvalue weighted by molar-refractivity contribution is 0.0850. The van der Waals surface area contributed by atoms with E-state index in [4.69, 9.17) is 5.73 Å². The number of piperidine rings is 1. The largest absolute Gasteiger partial charge is 0.325 e. The van der Waals surface area contributed by atoms with Crippen LogP contribution in [0, 0.1) is 24.5 Å². The van der Waals surface area contributed by atoms with Gasteiger partial charge in [0.2, 0.25) is 0 Å². The van der Waals surface area contributed by atoms with Crippen LogP contribution in [0.3, 0.4) is 0 Å². The summed E-state index contributed by atoms with van der Waals surface area (Å²) >= 11 is 0. The first-order valence-corrected chi connectivity index (χ1v) is 8.03. The van der Waals surface area contributed by atoms with Crippen LogP contribution in [0.25, 0.3) is 0 Å². The van der Waals surface area contributed by atoms with Crippen LogP contribution in [0.5, 0.6) is 0 Å². The van der Waals surface area contributed by atoms with Gasteiger partial charge in [-0.2, -0.15) is 0 Å². The molecular weight excluding hydrogens is 310 g/mol. The van der Waals surface area contributed by atoms with E-state index in [1.54, 1.807) is 0 Å². The summed E-state index contributed by atoms with van der Waals surface area (Å²) in [4.78, 5) is 12.7. The van der Waals surface area contributed by atoms with Crippen molar-refractivity contribution in [3.63, 3.8) is 0 Å². The average molecular weight is 330 g/mol. The quantitative estimate of drug-likeness (QED) is 0.850. The fraction of sp³-hybridized carbons (Fsp3) is 0.316. The van der Waals surface area contributed by atoms with Crippen LogP contribution in [0.2, 0.25) is 0 Å². The normalized spacial score (nSPS) is 23.9. The molecule has 3 unspecified atom stereocenters. The highest BCUT2D eigenvalue weighted by molar-refractivity contribution is 5.98. The van der Waals surface area contributed by atoms with Gasteiger partial charge in [0.15, 0.2) is 5.78 Å². The van der Waals surface area contributed by atoms with Crippen molar-refractivity contribution >= 4 is 5.78 Å². The van der Waals surface area contributed by atoms with Gasteiger partial charge in [0.25, 0.3) is 0 Å². The highest BCUT2D eigenvalue weighted by Gasteiger charge is 2.37. The molecule has 3 rings (SSSR count). The third-order valence-corrected chi connectivity index (χ3v) is 4.73. The lowest BCUT2D eigenvalue weighted by Crippen LogP contribution is -2.51. The summed E-state index contributed by atoms with van der Waals surface area (Å²) in [6.07, 6.45) is 0.527. The first-order chi connectivity index (χ1) is 11.5. The molecule has 0 saturated carbocycles. The summed E-state index contributed by atoms with van der Waals surface area (Å²) in [5.74, 6) is -2.40. The fourth-order valence-corrected chi connectivity index (χ4v) is 3.40. The van der Waals surface area contributed by atoms with Gasteiger partial charge in [-0.15, -0.1) is 0 Å². The number of ketones is 1. The number of benzene rings is 2. The van der Waals surface area contributed by atoms with Gasteiger partial charge in [-0.1, -0.05) is 24.3 Å². The molecule has 0 radical (unpaired) electrons. The molecule has 0 amide bonds. The van der Waals surface area contributed by atoms with Gasteiger partial charge in [0.05, 0.1) is 5.56 Å². The predicted molar refractivity (Wildman–Crippen MR) is 88.7 cm³/mol. The molecule has 3 nitrogen and oxygen atoms in total. The molecule has 1 aliphatic heterocycles. The summed E-state index contributed by atoms with van der Waals surface area (Å²) < 4.78 is 27.0. The van der Waals surface area contributed by atoms with E-state index in [0.717, 1.165) is 23.3 Å². The smallest absolute Gasteiger partial charge is 0.170 e. The maximum absolute atomic E-state index is 13.9. The van der Waals surface area contributed by atoms with E-state index in [2.05, 4.69) is 5.32 Å². The highest BCUT2D eigenvalue weighted by atomic mass is 19.1. The van der Waals surface area contributed by atoms with Gasteiger partial charge < -0.3 is 11.1 Å². The minimum atomic E-state index is -0.835. The number of hydrogen-bond donors (Lipinski definition) is 2. The number of hydrogen-bond acceptors (Lipinski definition) is 3. The maximum atomic E-state index is 13.9. The van der Waals surface area contributed by atoms with Crippen molar-refractivity contribution in [3.8, 4) is 0 Å². The molecule has 1 aliphatic rings. The Balaban J connectivity index is 1.88. The monoisotopic (exact) mass is 330 g/mol. The zero-order valence-electron chi connectivity index (χ0n) is 13.4. The molecular formula is C19H20F2N2O. The molecule has 0 spiro atoms. The summed E-state index contributed by atoms with van der Waals surface area (Å²) in [7, 11) is 0. The molecule has 1 saturated heterocycles. The van der Waals surface area contributed by atoms with Crippen molar-refractivity contribution in [1.29, 1.82) is 0 Å². The summed E-state index contributed by atoms with van der Waals surface area (Å²) in [6, 6.07) is 10.2. The van der Waals surface area contributed by atoms with Crippen molar-refractivity contribution < 1.29 is 13.6 Å². The number of Topliss-reactive ketones (excluding diaryl/α,β-unsaturated/α-hetero) is 1. The van der Waals surface area contributed by atoms with Crippen molar-refractivity contribution in [2.45, 2.75) is 25.4 Å². The Labute approximate surface area is 139 Å². The van der Waals surface area contributed by atoms with Crippen molar-refractivity contribution in [1.82, 2.24) is 5.32 Å². The molecule has 1 heterocycles. The van der Waals surface area contributed by atoms with Gasteiger partial charge in [-0.05, 0) is 43.1 Å². The molecule has 126 valence electrons. The second kappa shape index (κ2) is 6.79. The van der Waals surface area contributed by atoms with E-state index < -0.39 is 23.6 Å². The summed E-state index contributed by atoms with van der Waals surface area (Å²) in [5, 5.41) is 3.36. The van der Waals surface area contributed by atoms with E-state index >= 15 is 0 Å². The number of halogens is 2. The zero-order chi connectivity index (χ0) is 17.3. The second-order valence-electron chi connectivity index (χ2n) is 6.25. The van der Waals surface area contributed by atoms with Crippen molar-refractivity contribution in [2.75, 3.05) is 6.54 Å². The lowest BCUT2D eigenvalue weighted by Gasteiger charge is -2.37. The third kappa shape index (κ3) is 3.09. The fourth-order valence-electron chi connectivity index (χ4n) is 3.40.